The number of halogens is 4. The minimum Gasteiger partial charge on any atom is -0.491 e. The predicted octanol–water partition coefficient (Wildman–Crippen LogP) is 4.24. The van der Waals surface area contributed by atoms with Crippen molar-refractivity contribution in [2.45, 2.75) is 35.8 Å². The van der Waals surface area contributed by atoms with Crippen molar-refractivity contribution in [3.8, 4) is 11.5 Å². The zero-order chi connectivity index (χ0) is 23.3. The van der Waals surface area contributed by atoms with E-state index in [1.807, 2.05) is 0 Å². The smallest absolute Gasteiger partial charge is 0.461 e. The fourth-order valence-electron chi connectivity index (χ4n) is 2.95. The molecule has 0 bridgehead atoms. The van der Waals surface area contributed by atoms with Gasteiger partial charge in [-0.1, -0.05) is 17.8 Å². The highest BCUT2D eigenvalue weighted by molar-refractivity contribution is 8.01. The zero-order valence-corrected chi connectivity index (χ0v) is 18.0. The highest BCUT2D eigenvalue weighted by Gasteiger charge is 2.44. The molecule has 1 fully saturated rings. The molecule has 2 aromatic rings. The molecule has 3 rings (SSSR count). The molecule has 0 radical (unpaired) electrons. The summed E-state index contributed by atoms with van der Waals surface area (Å²) in [5.74, 6) is -0.982. The number of amides is 1. The summed E-state index contributed by atoms with van der Waals surface area (Å²) in [7, 11) is 0. The van der Waals surface area contributed by atoms with Gasteiger partial charge in [-0.3, -0.25) is 4.79 Å². The number of carboxylic acids is 1. The maximum atomic E-state index is 13.1. The Kier molecular flexibility index (Phi) is 7.82. The number of aromatic carboxylic acids is 1. The number of hydrogen-bond acceptors (Lipinski definition) is 7. The van der Waals surface area contributed by atoms with Gasteiger partial charge in [-0.15, -0.1) is 11.3 Å². The molecule has 1 atom stereocenters. The van der Waals surface area contributed by atoms with E-state index in [0.29, 0.717) is 29.5 Å². The van der Waals surface area contributed by atoms with E-state index in [0.717, 1.165) is 12.1 Å². The molecule has 7 nitrogen and oxygen atoms in total. The first kappa shape index (κ1) is 24.1. The van der Waals surface area contributed by atoms with Crippen molar-refractivity contribution in [3.05, 3.63) is 35.3 Å². The van der Waals surface area contributed by atoms with Crippen LogP contribution in [0.4, 0.5) is 17.6 Å². The average Bonchev–Trinajstić information content (AvgIpc) is 3.34. The first-order valence-corrected chi connectivity index (χ1v) is 11.2. The molecule has 32 heavy (non-hydrogen) atoms. The number of carbonyl (C=O) groups excluding carboxylic acids is 1. The number of aromatic nitrogens is 1. The van der Waals surface area contributed by atoms with Crippen molar-refractivity contribution in [3.63, 3.8) is 0 Å². The second-order valence-corrected chi connectivity index (χ2v) is 8.88. The number of ether oxygens (including phenoxy) is 2. The zero-order valence-electron chi connectivity index (χ0n) is 16.4. The quantitative estimate of drug-likeness (QED) is 0.369. The number of rotatable bonds is 11. The number of thiazole rings is 1. The lowest BCUT2D eigenvalue weighted by Crippen LogP contribution is -2.38. The lowest BCUT2D eigenvalue weighted by Gasteiger charge is -2.25. The molecular weight excluding hydrogens is 476 g/mol. The van der Waals surface area contributed by atoms with E-state index in [4.69, 9.17) is 9.84 Å². The summed E-state index contributed by atoms with van der Waals surface area (Å²) in [5.41, 5.74) is -0.0291. The molecule has 0 aliphatic carbocycles. The largest absolute Gasteiger partial charge is 0.491 e. The molecule has 174 valence electrons. The number of benzene rings is 1. The van der Waals surface area contributed by atoms with Crippen LogP contribution in [0, 0.1) is 0 Å². The van der Waals surface area contributed by atoms with E-state index in [9.17, 15) is 27.2 Å². The highest BCUT2D eigenvalue weighted by atomic mass is 32.2. The highest BCUT2D eigenvalue weighted by Crippen LogP contribution is 2.30. The molecule has 1 aliphatic rings. The van der Waals surface area contributed by atoms with Crippen LogP contribution in [0.3, 0.4) is 0 Å². The second-order valence-electron chi connectivity index (χ2n) is 6.68. The fraction of sp³-hybridized carbons (Fsp3) is 0.421. The number of thioether (sulfide) groups is 1. The number of nitrogens with zero attached hydrogens (tertiary/aromatic N) is 2. The topological polar surface area (TPSA) is 89.0 Å². The van der Waals surface area contributed by atoms with E-state index in [1.54, 1.807) is 4.90 Å². The number of alkyl halides is 4. The SMILES string of the molecule is O=C(O)c1csc(SCCN2C(=O)CCC2COc2cccc(OC(F)(F)C(F)F)c2)n1. The summed E-state index contributed by atoms with van der Waals surface area (Å²) in [6.07, 6.45) is -7.71. The summed E-state index contributed by atoms with van der Waals surface area (Å²) >= 11 is 2.54. The van der Waals surface area contributed by atoms with Crippen molar-refractivity contribution in [2.75, 3.05) is 18.9 Å². The monoisotopic (exact) mass is 494 g/mol. The third-order valence-electron chi connectivity index (χ3n) is 4.47. The van der Waals surface area contributed by atoms with Crippen LogP contribution in [0.5, 0.6) is 11.5 Å². The van der Waals surface area contributed by atoms with Crippen LogP contribution in [0.15, 0.2) is 34.0 Å². The van der Waals surface area contributed by atoms with Gasteiger partial charge in [0.15, 0.2) is 10.0 Å². The van der Waals surface area contributed by atoms with Gasteiger partial charge in [0.1, 0.15) is 18.1 Å². The third kappa shape index (κ3) is 6.25. The molecule has 1 aromatic carbocycles. The Morgan fingerprint density at radius 2 is 2.12 bits per heavy atom. The van der Waals surface area contributed by atoms with Gasteiger partial charge in [0.25, 0.3) is 0 Å². The van der Waals surface area contributed by atoms with Crippen molar-refractivity contribution >= 4 is 35.0 Å². The predicted molar refractivity (Wildman–Crippen MR) is 108 cm³/mol. The van der Waals surface area contributed by atoms with Crippen LogP contribution in [-0.2, 0) is 4.79 Å². The molecule has 1 aliphatic heterocycles. The summed E-state index contributed by atoms with van der Waals surface area (Å²) < 4.78 is 61.0. The number of carbonyl (C=O) groups is 2. The Bertz CT molecular complexity index is 959. The lowest BCUT2D eigenvalue weighted by molar-refractivity contribution is -0.253. The van der Waals surface area contributed by atoms with Gasteiger partial charge in [-0.05, 0) is 18.6 Å². The maximum absolute atomic E-state index is 13.1. The Morgan fingerprint density at radius 3 is 2.81 bits per heavy atom. The van der Waals surface area contributed by atoms with E-state index in [-0.39, 0.29) is 30.0 Å². The normalized spacial score (nSPS) is 16.6. The third-order valence-corrected chi connectivity index (χ3v) is 6.47. The lowest BCUT2D eigenvalue weighted by atomic mass is 10.2. The van der Waals surface area contributed by atoms with E-state index < -0.39 is 24.3 Å². The van der Waals surface area contributed by atoms with Crippen LogP contribution in [-0.4, -0.2) is 64.3 Å². The molecule has 0 spiro atoms. The van der Waals surface area contributed by atoms with Gasteiger partial charge < -0.3 is 19.5 Å². The molecule has 13 heteroatoms. The number of hydrogen-bond donors (Lipinski definition) is 1. The number of carboxylic acid groups (broad SMARTS) is 1. The molecule has 1 aromatic heterocycles. The van der Waals surface area contributed by atoms with Crippen LogP contribution in [0.2, 0.25) is 0 Å². The van der Waals surface area contributed by atoms with E-state index >= 15 is 0 Å². The summed E-state index contributed by atoms with van der Waals surface area (Å²) in [6.45, 7) is 0.481. The minimum absolute atomic E-state index is 0.0291. The van der Waals surface area contributed by atoms with Gasteiger partial charge in [-0.2, -0.15) is 17.6 Å². The Labute approximate surface area is 188 Å². The Hall–Kier alpha value is -2.54. The molecular formula is C19H18F4N2O5S2. The van der Waals surface area contributed by atoms with Crippen molar-refractivity contribution in [1.29, 1.82) is 0 Å². The van der Waals surface area contributed by atoms with Crippen LogP contribution in [0.25, 0.3) is 0 Å². The van der Waals surface area contributed by atoms with Crippen LogP contribution in [0.1, 0.15) is 23.3 Å². The first-order valence-electron chi connectivity index (χ1n) is 9.34. The molecule has 0 saturated carbocycles. The Balaban J connectivity index is 1.52. The van der Waals surface area contributed by atoms with E-state index in [2.05, 4.69) is 9.72 Å². The summed E-state index contributed by atoms with van der Waals surface area (Å²) in [6, 6.07) is 4.74. The number of likely N-dealkylation sites (tertiary alicyclic amines) is 1. The van der Waals surface area contributed by atoms with Crippen molar-refractivity contribution < 1.29 is 41.7 Å². The fourth-order valence-corrected chi connectivity index (χ4v) is 4.76. The van der Waals surface area contributed by atoms with Gasteiger partial charge in [0.05, 0.1) is 6.04 Å². The molecule has 1 unspecified atom stereocenters. The first-order chi connectivity index (χ1) is 15.2. The van der Waals surface area contributed by atoms with Gasteiger partial charge in [0, 0.05) is 30.2 Å². The average molecular weight is 494 g/mol. The van der Waals surface area contributed by atoms with Gasteiger partial charge >= 0.3 is 18.5 Å². The summed E-state index contributed by atoms with van der Waals surface area (Å²) in [5, 5.41) is 10.3. The van der Waals surface area contributed by atoms with E-state index in [1.165, 1.54) is 40.6 Å². The van der Waals surface area contributed by atoms with Gasteiger partial charge in [0.2, 0.25) is 5.91 Å². The standard InChI is InChI=1S/C19H18F4N2O5S2/c20-17(21)19(22,23)30-13-3-1-2-12(8-13)29-9-11-4-5-15(26)25(11)6-7-31-18-24-14(10-32-18)16(27)28/h1-3,8,10-11,17H,4-7,9H2,(H,27,28). The van der Waals surface area contributed by atoms with Crippen molar-refractivity contribution in [2.24, 2.45) is 0 Å². The molecule has 2 heterocycles. The molecule has 1 N–H and O–H groups in total. The second kappa shape index (κ2) is 10.4. The maximum Gasteiger partial charge on any atom is 0.461 e. The van der Waals surface area contributed by atoms with Gasteiger partial charge in [-0.25, -0.2) is 9.78 Å². The van der Waals surface area contributed by atoms with Crippen LogP contribution < -0.4 is 9.47 Å². The molecule has 1 amide bonds. The van der Waals surface area contributed by atoms with Crippen molar-refractivity contribution in [1.82, 2.24) is 9.88 Å². The Morgan fingerprint density at radius 1 is 1.38 bits per heavy atom. The summed E-state index contributed by atoms with van der Waals surface area (Å²) in [4.78, 5) is 28.7. The minimum atomic E-state index is -4.62. The molecule has 1 saturated heterocycles. The van der Waals surface area contributed by atoms with Crippen LogP contribution >= 0.6 is 23.1 Å².